The van der Waals surface area contributed by atoms with Gasteiger partial charge in [0.1, 0.15) is 5.92 Å². The van der Waals surface area contributed by atoms with Crippen LogP contribution in [0, 0.1) is 18.3 Å². The molecule has 0 fully saturated rings. The number of nitrogens with zero attached hydrogens (tertiary/aromatic N) is 2. The molecule has 0 saturated carbocycles. The molecule has 0 N–H and O–H groups in total. The van der Waals surface area contributed by atoms with Gasteiger partial charge in [-0.15, -0.1) is 5.60 Å². The Morgan fingerprint density at radius 2 is 1.84 bits per heavy atom. The molecule has 0 aliphatic heterocycles. The summed E-state index contributed by atoms with van der Waals surface area (Å²) < 4.78 is 0. The molecule has 0 spiro atoms. The molecule has 0 aliphatic rings. The van der Waals surface area contributed by atoms with Crippen molar-refractivity contribution < 1.29 is 61.3 Å². The topological polar surface area (TPSA) is 76.8 Å². The Balaban J connectivity index is 0.000000715. The average Bonchev–Trinajstić information content (AvgIpc) is 2.56. The number of carbonyl (C=O) groups is 1. The van der Waals surface area contributed by atoms with Crippen molar-refractivity contribution in [3.8, 4) is 6.07 Å². The van der Waals surface area contributed by atoms with Gasteiger partial charge in [0.2, 0.25) is 0 Å². The number of Topliss-reactive ketones (excluding diaryl/α,β-unsaturated/α-hetero) is 1. The summed E-state index contributed by atoms with van der Waals surface area (Å²) in [5.41, 5.74) is 1.31. The van der Waals surface area contributed by atoms with Gasteiger partial charge in [-0.25, -0.2) is 0 Å². The summed E-state index contributed by atoms with van der Waals surface area (Å²) in [6.07, 6.45) is 2.30. The van der Waals surface area contributed by atoms with Crippen LogP contribution < -0.4 is 56.5 Å². The molecule has 126 valence electrons. The van der Waals surface area contributed by atoms with Crippen molar-refractivity contribution in [2.75, 3.05) is 0 Å². The summed E-state index contributed by atoms with van der Waals surface area (Å²) >= 11 is 0. The minimum atomic E-state index is -0.756. The maximum absolute atomic E-state index is 12.3. The number of carbonyl (C=O) groups excluding carboxylic acids is 1. The first-order chi connectivity index (χ1) is 11.3. The molecule has 0 aliphatic carbocycles. The minimum Gasteiger partial charge on any atom is -0.850 e. The van der Waals surface area contributed by atoms with Crippen molar-refractivity contribution >= 4 is 5.78 Å². The monoisotopic (exact) mass is 362 g/mol. The summed E-state index contributed by atoms with van der Waals surface area (Å²) in [5, 5.41) is 19.7. The molecule has 25 heavy (non-hydrogen) atoms. The van der Waals surface area contributed by atoms with Gasteiger partial charge >= 0.3 is 51.4 Å². The van der Waals surface area contributed by atoms with Gasteiger partial charge in [-0.05, 0) is 24.6 Å². The normalized spacial score (nSPS) is 11.2. The number of hydrogen-bond donors (Lipinski definition) is 0. The largest absolute Gasteiger partial charge is 1.00 e. The number of rotatable bonds is 4. The Bertz CT molecular complexity index is 704. The van der Waals surface area contributed by atoms with Gasteiger partial charge in [0, 0.05) is 17.5 Å². The molecule has 4 nitrogen and oxygen atoms in total. The summed E-state index contributed by atoms with van der Waals surface area (Å²) in [6, 6.07) is 14.5. The van der Waals surface area contributed by atoms with Gasteiger partial charge in [0.15, 0.2) is 5.78 Å². The van der Waals surface area contributed by atoms with Gasteiger partial charge in [-0.3, -0.25) is 9.78 Å². The molecule has 1 heterocycles. The number of aromatic nitrogens is 1. The fourth-order valence-electron chi connectivity index (χ4n) is 1.80. The van der Waals surface area contributed by atoms with Crippen molar-refractivity contribution in [3.63, 3.8) is 0 Å². The van der Waals surface area contributed by atoms with Crippen molar-refractivity contribution in [1.29, 1.82) is 5.26 Å². The predicted molar refractivity (Wildman–Crippen MR) is 92.5 cm³/mol. The van der Waals surface area contributed by atoms with E-state index in [4.69, 9.17) is 0 Å². The van der Waals surface area contributed by atoms with Crippen LogP contribution in [0.1, 0.15) is 54.7 Å². The van der Waals surface area contributed by atoms with Crippen LogP contribution in [-0.2, 0) is 0 Å². The molecular formula is C20H23KN2O2. The van der Waals surface area contributed by atoms with E-state index in [0.29, 0.717) is 12.0 Å². The number of benzene rings is 1. The molecule has 1 aromatic heterocycles. The molecule has 0 radical (unpaired) electrons. The average molecular weight is 363 g/mol. The minimum absolute atomic E-state index is 0. The van der Waals surface area contributed by atoms with Crippen LogP contribution in [0.4, 0.5) is 0 Å². The summed E-state index contributed by atoms with van der Waals surface area (Å²) in [4.78, 5) is 16.3. The van der Waals surface area contributed by atoms with Crippen LogP contribution >= 0.6 is 0 Å². The molecule has 1 aromatic carbocycles. The maximum Gasteiger partial charge on any atom is 1.00 e. The van der Waals surface area contributed by atoms with Crippen LogP contribution in [0.5, 0.6) is 0 Å². The quantitative estimate of drug-likeness (QED) is 0.583. The number of pyridine rings is 1. The van der Waals surface area contributed by atoms with E-state index in [-0.39, 0.29) is 57.2 Å². The van der Waals surface area contributed by atoms with Crippen molar-refractivity contribution in [2.45, 2.75) is 45.6 Å². The molecule has 1 atom stereocenters. The van der Waals surface area contributed by atoms with Crippen molar-refractivity contribution in [2.24, 2.45) is 0 Å². The fourth-order valence-corrected chi connectivity index (χ4v) is 1.80. The molecule has 2 rings (SSSR count). The summed E-state index contributed by atoms with van der Waals surface area (Å²) in [6.45, 7) is 7.09. The first kappa shape index (κ1) is 24.1. The molecule has 1 unspecified atom stereocenters. The third-order valence-electron chi connectivity index (χ3n) is 3.56. The molecule has 0 amide bonds. The predicted octanol–water partition coefficient (Wildman–Crippen LogP) is 0.419. The van der Waals surface area contributed by atoms with E-state index < -0.39 is 11.5 Å². The number of nitriles is 1. The molecule has 0 saturated heterocycles. The van der Waals surface area contributed by atoms with Gasteiger partial charge in [0.25, 0.3) is 0 Å². The zero-order chi connectivity index (χ0) is 18.2. The summed E-state index contributed by atoms with van der Waals surface area (Å²) in [7, 11) is 0. The van der Waals surface area contributed by atoms with E-state index >= 15 is 0 Å². The molecule has 0 bridgehead atoms. The second-order valence-corrected chi connectivity index (χ2v) is 6.14. The van der Waals surface area contributed by atoms with E-state index in [2.05, 4.69) is 11.1 Å². The Hall–Kier alpha value is -0.874. The van der Waals surface area contributed by atoms with E-state index in [0.717, 1.165) is 11.3 Å². The smallest absolute Gasteiger partial charge is 0.850 e. The fraction of sp³-hybridized carbons (Fsp3) is 0.350. The Morgan fingerprint density at radius 1 is 1.28 bits per heavy atom. The second-order valence-electron chi connectivity index (χ2n) is 6.14. The van der Waals surface area contributed by atoms with Gasteiger partial charge in [0.05, 0.1) is 6.07 Å². The SMILES string of the molecule is CCC(C)(C)[O-].Cc1cc(C(=O)C(C#N)c2ccccc2)ccn1.[K+]. The van der Waals surface area contributed by atoms with E-state index in [1.165, 1.54) is 0 Å². The standard InChI is InChI=1S/C15H12N2O.C5H11O.K/c1-11-9-13(7-8-17-11)15(18)14(10-16)12-5-3-2-4-6-12;1-4-5(2,3)6;/h2-9,14H,1H3;4H2,1-3H3;/q;-1;+1. The third-order valence-corrected chi connectivity index (χ3v) is 3.56. The van der Waals surface area contributed by atoms with Crippen LogP contribution in [-0.4, -0.2) is 16.4 Å². The third kappa shape index (κ3) is 8.86. The first-order valence-corrected chi connectivity index (χ1v) is 7.90. The maximum atomic E-state index is 12.3. The van der Waals surface area contributed by atoms with Crippen LogP contribution in [0.25, 0.3) is 0 Å². The number of hydrogen-bond acceptors (Lipinski definition) is 4. The molecular weight excluding hydrogens is 339 g/mol. The molecule has 5 heteroatoms. The van der Waals surface area contributed by atoms with Crippen LogP contribution in [0.15, 0.2) is 48.7 Å². The Kier molecular flexibility index (Phi) is 11.3. The van der Waals surface area contributed by atoms with E-state index in [9.17, 15) is 15.2 Å². The van der Waals surface area contributed by atoms with Gasteiger partial charge in [-0.1, -0.05) is 57.5 Å². The Labute approximate surface area is 192 Å². The van der Waals surface area contributed by atoms with Crippen LogP contribution in [0.3, 0.4) is 0 Å². The molecule has 2 aromatic rings. The van der Waals surface area contributed by atoms with Crippen molar-refractivity contribution in [1.82, 2.24) is 4.98 Å². The first-order valence-electron chi connectivity index (χ1n) is 7.90. The Morgan fingerprint density at radius 3 is 2.28 bits per heavy atom. The van der Waals surface area contributed by atoms with Crippen molar-refractivity contribution in [3.05, 3.63) is 65.5 Å². The van der Waals surface area contributed by atoms with Crippen LogP contribution in [0.2, 0.25) is 0 Å². The number of ketones is 1. The second kappa shape index (κ2) is 11.7. The zero-order valence-corrected chi connectivity index (χ0v) is 18.7. The van der Waals surface area contributed by atoms with E-state index in [1.54, 1.807) is 44.3 Å². The van der Waals surface area contributed by atoms with E-state index in [1.807, 2.05) is 32.0 Å². The van der Waals surface area contributed by atoms with Gasteiger partial charge in [-0.2, -0.15) is 5.26 Å². The number of aryl methyl sites for hydroxylation is 1. The zero-order valence-electron chi connectivity index (χ0n) is 15.6. The summed E-state index contributed by atoms with van der Waals surface area (Å²) in [5.74, 6) is -0.942. The van der Waals surface area contributed by atoms with Gasteiger partial charge < -0.3 is 5.11 Å².